The maximum atomic E-state index is 12.5. The van der Waals surface area contributed by atoms with Crippen molar-refractivity contribution in [3.63, 3.8) is 0 Å². The molecule has 0 amide bonds. The third-order valence-corrected chi connectivity index (χ3v) is 5.77. The molecule has 2 heterocycles. The fourth-order valence-corrected chi connectivity index (χ4v) is 4.16. The maximum Gasteiger partial charge on any atom is 0.417 e. The minimum absolute atomic E-state index is 0.0405. The van der Waals surface area contributed by atoms with E-state index in [1.54, 1.807) is 12.1 Å². The van der Waals surface area contributed by atoms with E-state index in [0.29, 0.717) is 11.8 Å². The Bertz CT molecular complexity index is 877. The number of aromatic nitrogens is 1. The zero-order valence-electron chi connectivity index (χ0n) is 13.9. The van der Waals surface area contributed by atoms with Gasteiger partial charge in [0.2, 0.25) is 15.9 Å². The van der Waals surface area contributed by atoms with Crippen molar-refractivity contribution < 1.29 is 26.3 Å². The first-order chi connectivity index (χ1) is 12.1. The number of rotatable bonds is 5. The SMILES string of the molecule is Cc1cccc(CS(=O)(=O)N2CC(Oc3ccc(C(F)(F)F)cn3)C2)c1. The van der Waals surface area contributed by atoms with Gasteiger partial charge in [0.25, 0.3) is 0 Å². The van der Waals surface area contributed by atoms with E-state index >= 15 is 0 Å². The summed E-state index contributed by atoms with van der Waals surface area (Å²) in [4.78, 5) is 3.62. The highest BCUT2D eigenvalue weighted by molar-refractivity contribution is 7.88. The van der Waals surface area contributed by atoms with E-state index in [2.05, 4.69) is 4.98 Å². The van der Waals surface area contributed by atoms with E-state index in [0.717, 1.165) is 17.7 Å². The monoisotopic (exact) mass is 386 g/mol. The van der Waals surface area contributed by atoms with Gasteiger partial charge in [-0.15, -0.1) is 0 Å². The second-order valence-corrected chi connectivity index (χ2v) is 8.15. The fourth-order valence-electron chi connectivity index (χ4n) is 2.59. The van der Waals surface area contributed by atoms with E-state index < -0.39 is 27.9 Å². The summed E-state index contributed by atoms with van der Waals surface area (Å²) in [5.41, 5.74) is 0.829. The molecule has 1 fully saturated rings. The van der Waals surface area contributed by atoms with Crippen molar-refractivity contribution in [1.29, 1.82) is 0 Å². The molecule has 5 nitrogen and oxygen atoms in total. The van der Waals surface area contributed by atoms with Gasteiger partial charge in [-0.1, -0.05) is 29.8 Å². The summed E-state index contributed by atoms with van der Waals surface area (Å²) in [5.74, 6) is -0.0568. The summed E-state index contributed by atoms with van der Waals surface area (Å²) in [6, 6.07) is 9.28. The van der Waals surface area contributed by atoms with E-state index in [-0.39, 0.29) is 24.7 Å². The predicted molar refractivity (Wildman–Crippen MR) is 89.0 cm³/mol. The lowest BCUT2D eigenvalue weighted by Gasteiger charge is -2.37. The zero-order chi connectivity index (χ0) is 18.9. The molecule has 0 saturated carbocycles. The van der Waals surface area contributed by atoms with Crippen LogP contribution in [0.2, 0.25) is 0 Å². The molecule has 1 aliphatic rings. The Morgan fingerprint density at radius 1 is 1.23 bits per heavy atom. The van der Waals surface area contributed by atoms with Crippen molar-refractivity contribution in [3.05, 3.63) is 59.3 Å². The highest BCUT2D eigenvalue weighted by atomic mass is 32.2. The number of benzene rings is 1. The van der Waals surface area contributed by atoms with Crippen LogP contribution in [-0.2, 0) is 22.0 Å². The highest BCUT2D eigenvalue weighted by Gasteiger charge is 2.37. The van der Waals surface area contributed by atoms with Gasteiger partial charge in [0, 0.05) is 12.3 Å². The lowest BCUT2D eigenvalue weighted by atomic mass is 10.2. The summed E-state index contributed by atoms with van der Waals surface area (Å²) in [7, 11) is -3.46. The van der Waals surface area contributed by atoms with Gasteiger partial charge in [-0.2, -0.15) is 17.5 Å². The number of sulfonamides is 1. The molecule has 1 aromatic heterocycles. The molecule has 0 aliphatic carbocycles. The average Bonchev–Trinajstić information content (AvgIpc) is 2.49. The molecule has 2 aromatic rings. The number of aryl methyl sites for hydroxylation is 1. The second-order valence-electron chi connectivity index (χ2n) is 6.18. The first-order valence-corrected chi connectivity index (χ1v) is 9.48. The van der Waals surface area contributed by atoms with E-state index in [1.807, 2.05) is 19.1 Å². The van der Waals surface area contributed by atoms with Gasteiger partial charge in [-0.3, -0.25) is 0 Å². The van der Waals surface area contributed by atoms with Crippen LogP contribution in [0.4, 0.5) is 13.2 Å². The number of hydrogen-bond acceptors (Lipinski definition) is 4. The molecule has 0 unspecified atom stereocenters. The van der Waals surface area contributed by atoms with Crippen molar-refractivity contribution in [3.8, 4) is 5.88 Å². The van der Waals surface area contributed by atoms with Crippen LogP contribution in [0.15, 0.2) is 42.6 Å². The van der Waals surface area contributed by atoms with Crippen LogP contribution in [-0.4, -0.2) is 36.9 Å². The van der Waals surface area contributed by atoms with Crippen molar-refractivity contribution in [1.82, 2.24) is 9.29 Å². The lowest BCUT2D eigenvalue weighted by Crippen LogP contribution is -2.56. The van der Waals surface area contributed by atoms with Gasteiger partial charge >= 0.3 is 6.18 Å². The molecule has 0 bridgehead atoms. The molecule has 3 rings (SSSR count). The van der Waals surface area contributed by atoms with E-state index in [1.165, 1.54) is 4.31 Å². The zero-order valence-corrected chi connectivity index (χ0v) is 14.7. The van der Waals surface area contributed by atoms with Crippen molar-refractivity contribution in [2.45, 2.75) is 25.0 Å². The summed E-state index contributed by atoms with van der Waals surface area (Å²) in [5, 5.41) is 0. The quantitative estimate of drug-likeness (QED) is 0.793. The predicted octanol–water partition coefficient (Wildman–Crippen LogP) is 3.00. The minimum atomic E-state index is -4.46. The summed E-state index contributed by atoms with van der Waals surface area (Å²) in [6.45, 7) is 2.19. The number of pyridine rings is 1. The van der Waals surface area contributed by atoms with Crippen LogP contribution in [0.1, 0.15) is 16.7 Å². The average molecular weight is 386 g/mol. The number of ether oxygens (including phenoxy) is 1. The minimum Gasteiger partial charge on any atom is -0.472 e. The number of halogens is 3. The Kier molecular flexibility index (Phi) is 4.94. The molecule has 9 heteroatoms. The van der Waals surface area contributed by atoms with E-state index in [4.69, 9.17) is 4.74 Å². The van der Waals surface area contributed by atoms with Crippen molar-refractivity contribution in [2.24, 2.45) is 0 Å². The van der Waals surface area contributed by atoms with Crippen LogP contribution in [0.3, 0.4) is 0 Å². The van der Waals surface area contributed by atoms with Crippen LogP contribution in [0.5, 0.6) is 5.88 Å². The molecule has 0 spiro atoms. The molecular formula is C17H17F3N2O3S. The number of hydrogen-bond donors (Lipinski definition) is 0. The molecule has 1 aromatic carbocycles. The molecule has 26 heavy (non-hydrogen) atoms. The summed E-state index contributed by atoms with van der Waals surface area (Å²) < 4.78 is 69.0. The smallest absolute Gasteiger partial charge is 0.417 e. The molecular weight excluding hydrogens is 369 g/mol. The standard InChI is InChI=1S/C17H17F3N2O3S/c1-12-3-2-4-13(7-12)11-26(23,24)22-9-15(10-22)25-16-6-5-14(8-21-16)17(18,19)20/h2-8,15H,9-11H2,1H3. The Morgan fingerprint density at radius 2 is 1.96 bits per heavy atom. The normalized spacial score (nSPS) is 16.3. The summed E-state index contributed by atoms with van der Waals surface area (Å²) >= 11 is 0. The number of nitrogens with zero attached hydrogens (tertiary/aromatic N) is 2. The molecule has 0 radical (unpaired) electrons. The maximum absolute atomic E-state index is 12.5. The fraction of sp³-hybridized carbons (Fsp3) is 0.353. The van der Waals surface area contributed by atoms with Crippen molar-refractivity contribution >= 4 is 10.0 Å². The van der Waals surface area contributed by atoms with Gasteiger partial charge in [0.15, 0.2) is 0 Å². The van der Waals surface area contributed by atoms with Crippen LogP contribution in [0.25, 0.3) is 0 Å². The number of alkyl halides is 3. The third kappa shape index (κ3) is 4.34. The Hall–Kier alpha value is -2.13. The topological polar surface area (TPSA) is 59.5 Å². The van der Waals surface area contributed by atoms with Gasteiger partial charge in [0.1, 0.15) is 6.10 Å². The Labute approximate surface area is 149 Å². The van der Waals surface area contributed by atoms with Crippen molar-refractivity contribution in [2.75, 3.05) is 13.1 Å². The highest BCUT2D eigenvalue weighted by Crippen LogP contribution is 2.29. The van der Waals surface area contributed by atoms with Gasteiger partial charge < -0.3 is 4.74 Å². The van der Waals surface area contributed by atoms with Crippen LogP contribution >= 0.6 is 0 Å². The largest absolute Gasteiger partial charge is 0.472 e. The summed E-state index contributed by atoms with van der Waals surface area (Å²) in [6.07, 6.45) is -4.19. The van der Waals surface area contributed by atoms with Gasteiger partial charge in [0.05, 0.1) is 24.4 Å². The Balaban J connectivity index is 1.55. The first-order valence-electron chi connectivity index (χ1n) is 7.87. The molecule has 1 saturated heterocycles. The van der Waals surface area contributed by atoms with E-state index in [9.17, 15) is 21.6 Å². The second kappa shape index (κ2) is 6.88. The molecule has 140 valence electrons. The van der Waals surface area contributed by atoms with Crippen LogP contribution < -0.4 is 4.74 Å². The Morgan fingerprint density at radius 3 is 2.54 bits per heavy atom. The first kappa shape index (κ1) is 18.7. The molecule has 0 N–H and O–H groups in total. The van der Waals surface area contributed by atoms with Gasteiger partial charge in [-0.25, -0.2) is 13.4 Å². The van der Waals surface area contributed by atoms with Crippen LogP contribution in [0, 0.1) is 6.92 Å². The third-order valence-electron chi connectivity index (χ3n) is 3.99. The lowest BCUT2D eigenvalue weighted by molar-refractivity contribution is -0.137. The molecule has 1 aliphatic heterocycles. The molecule has 0 atom stereocenters. The van der Waals surface area contributed by atoms with Gasteiger partial charge in [-0.05, 0) is 18.6 Å².